The average Bonchev–Trinajstić information content (AvgIpc) is 3.12. The summed E-state index contributed by atoms with van der Waals surface area (Å²) >= 11 is 0. The van der Waals surface area contributed by atoms with Gasteiger partial charge in [-0.05, 0) is 37.1 Å². The molecule has 0 spiro atoms. The molecule has 1 aliphatic rings. The van der Waals surface area contributed by atoms with E-state index in [0.29, 0.717) is 11.8 Å². The van der Waals surface area contributed by atoms with Gasteiger partial charge in [-0.25, -0.2) is 0 Å². The molecule has 5 heteroatoms. The van der Waals surface area contributed by atoms with Gasteiger partial charge in [-0.15, -0.1) is 0 Å². The van der Waals surface area contributed by atoms with Crippen LogP contribution in [0.3, 0.4) is 0 Å². The largest absolute Gasteiger partial charge is 0.384 e. The number of piperidine rings is 1. The monoisotopic (exact) mass is 339 g/mol. The molecule has 0 amide bonds. The lowest BCUT2D eigenvalue weighted by Crippen LogP contribution is -2.34. The second-order valence-electron chi connectivity index (χ2n) is 6.88. The summed E-state index contributed by atoms with van der Waals surface area (Å²) in [5.41, 5.74) is 2.20. The summed E-state index contributed by atoms with van der Waals surface area (Å²) in [6.45, 7) is 7.01. The topological polar surface area (TPSA) is 62.4 Å². The van der Waals surface area contributed by atoms with E-state index in [1.54, 1.807) is 0 Å². The first kappa shape index (κ1) is 17.7. The molecule has 3 rings (SSSR count). The molecule has 132 valence electrons. The van der Waals surface area contributed by atoms with Gasteiger partial charge in [0.25, 0.3) is 0 Å². The number of likely N-dealkylation sites (tertiary alicyclic amines) is 1. The molecule has 0 bridgehead atoms. The summed E-state index contributed by atoms with van der Waals surface area (Å²) in [5.74, 6) is 7.79. The molecule has 0 radical (unpaired) electrons. The molecule has 5 nitrogen and oxygen atoms in total. The van der Waals surface area contributed by atoms with Gasteiger partial charge in [-0.3, -0.25) is 4.90 Å². The number of hydrogen-bond acceptors (Lipinski definition) is 5. The van der Waals surface area contributed by atoms with Gasteiger partial charge in [0.05, 0.1) is 5.92 Å². The molecular weight excluding hydrogens is 314 g/mol. The van der Waals surface area contributed by atoms with Crippen molar-refractivity contribution in [1.29, 1.82) is 0 Å². The summed E-state index contributed by atoms with van der Waals surface area (Å²) in [5, 5.41) is 12.9. The minimum Gasteiger partial charge on any atom is -0.384 e. The van der Waals surface area contributed by atoms with Crippen LogP contribution < -0.4 is 0 Å². The third kappa shape index (κ3) is 4.68. The van der Waals surface area contributed by atoms with Crippen LogP contribution in [0.2, 0.25) is 0 Å². The molecule has 0 unspecified atom stereocenters. The van der Waals surface area contributed by atoms with Crippen LogP contribution in [0.4, 0.5) is 0 Å². The molecule has 2 aromatic rings. The fraction of sp³-hybridized carbons (Fsp3) is 0.500. The average molecular weight is 339 g/mol. The van der Waals surface area contributed by atoms with E-state index in [9.17, 15) is 0 Å². The Morgan fingerprint density at radius 1 is 1.32 bits per heavy atom. The van der Waals surface area contributed by atoms with E-state index in [4.69, 9.17) is 9.63 Å². The highest BCUT2D eigenvalue weighted by atomic mass is 16.5. The van der Waals surface area contributed by atoms with Crippen molar-refractivity contribution in [2.45, 2.75) is 45.1 Å². The van der Waals surface area contributed by atoms with Crippen molar-refractivity contribution < 1.29 is 9.63 Å². The molecular formula is C20H25N3O2. The molecule has 1 aromatic heterocycles. The quantitative estimate of drug-likeness (QED) is 0.868. The van der Waals surface area contributed by atoms with E-state index in [-0.39, 0.29) is 6.61 Å². The fourth-order valence-corrected chi connectivity index (χ4v) is 3.14. The summed E-state index contributed by atoms with van der Waals surface area (Å²) in [6, 6.07) is 8.22. The van der Waals surface area contributed by atoms with E-state index < -0.39 is 0 Å². The van der Waals surface area contributed by atoms with Gasteiger partial charge in [-0.2, -0.15) is 4.98 Å². The lowest BCUT2D eigenvalue weighted by atomic mass is 9.97. The van der Waals surface area contributed by atoms with Crippen molar-refractivity contribution in [2.75, 3.05) is 19.7 Å². The first-order valence-corrected chi connectivity index (χ1v) is 8.90. The second-order valence-corrected chi connectivity index (χ2v) is 6.88. The Bertz CT molecular complexity index is 740. The summed E-state index contributed by atoms with van der Waals surface area (Å²) in [6.07, 6.45) is 2.25. The third-order valence-electron chi connectivity index (χ3n) is 4.50. The number of aromatic nitrogens is 2. The van der Waals surface area contributed by atoms with Crippen LogP contribution in [0, 0.1) is 11.8 Å². The maximum absolute atomic E-state index is 8.75. The van der Waals surface area contributed by atoms with Gasteiger partial charge in [0, 0.05) is 24.6 Å². The van der Waals surface area contributed by atoms with Crippen LogP contribution in [0.15, 0.2) is 28.8 Å². The van der Waals surface area contributed by atoms with Crippen LogP contribution in [-0.4, -0.2) is 39.8 Å². The number of aliphatic hydroxyl groups is 1. The fourth-order valence-electron chi connectivity index (χ4n) is 3.14. The molecule has 1 aromatic carbocycles. The van der Waals surface area contributed by atoms with Crippen molar-refractivity contribution in [3.63, 3.8) is 0 Å². The number of rotatable bonds is 4. The first-order valence-electron chi connectivity index (χ1n) is 8.90. The van der Waals surface area contributed by atoms with E-state index >= 15 is 0 Å². The highest BCUT2D eigenvalue weighted by Crippen LogP contribution is 2.27. The summed E-state index contributed by atoms with van der Waals surface area (Å²) in [4.78, 5) is 7.02. The van der Waals surface area contributed by atoms with Gasteiger partial charge >= 0.3 is 0 Å². The molecule has 2 heterocycles. The van der Waals surface area contributed by atoms with Crippen LogP contribution >= 0.6 is 0 Å². The van der Waals surface area contributed by atoms with Gasteiger partial charge in [0.2, 0.25) is 5.89 Å². The van der Waals surface area contributed by atoms with Gasteiger partial charge in [0.15, 0.2) is 5.82 Å². The highest BCUT2D eigenvalue weighted by Gasteiger charge is 2.26. The summed E-state index contributed by atoms with van der Waals surface area (Å²) < 4.78 is 5.49. The Balaban J connectivity index is 1.61. The predicted molar refractivity (Wildman–Crippen MR) is 96.0 cm³/mol. The Kier molecular flexibility index (Phi) is 5.85. The van der Waals surface area contributed by atoms with Gasteiger partial charge in [0.1, 0.15) is 6.61 Å². The van der Waals surface area contributed by atoms with Crippen molar-refractivity contribution in [3.8, 4) is 11.8 Å². The van der Waals surface area contributed by atoms with Crippen molar-refractivity contribution >= 4 is 0 Å². The lowest BCUT2D eigenvalue weighted by Gasteiger charge is -2.30. The Morgan fingerprint density at radius 3 is 2.80 bits per heavy atom. The minimum absolute atomic E-state index is 0.106. The normalized spacial score (nSPS) is 18.2. The molecule has 1 fully saturated rings. The van der Waals surface area contributed by atoms with Crippen molar-refractivity contribution in [1.82, 2.24) is 15.0 Å². The van der Waals surface area contributed by atoms with Crippen LogP contribution in [-0.2, 0) is 6.54 Å². The Morgan fingerprint density at radius 2 is 2.12 bits per heavy atom. The SMILES string of the molecule is CC(C)c1noc([C@@H]2CCCN(Cc3ccc(C#CCO)cc3)C2)n1. The van der Waals surface area contributed by atoms with Gasteiger partial charge in [-0.1, -0.05) is 43.0 Å². The van der Waals surface area contributed by atoms with E-state index in [2.05, 4.69) is 52.9 Å². The van der Waals surface area contributed by atoms with E-state index in [0.717, 1.165) is 49.8 Å². The standard InChI is InChI=1S/C20H25N3O2/c1-15(2)19-21-20(25-22-19)18-6-3-11-23(14-18)13-17-9-7-16(8-10-17)5-4-12-24/h7-10,15,18,24H,3,6,11-14H2,1-2H3/t18-/m1/s1. The lowest BCUT2D eigenvalue weighted by molar-refractivity contribution is 0.180. The molecule has 1 N–H and O–H groups in total. The van der Waals surface area contributed by atoms with E-state index in [1.807, 2.05) is 12.1 Å². The van der Waals surface area contributed by atoms with Crippen LogP contribution in [0.1, 0.15) is 61.4 Å². The first-order chi connectivity index (χ1) is 12.2. The molecule has 25 heavy (non-hydrogen) atoms. The second kappa shape index (κ2) is 8.28. The molecule has 0 aliphatic carbocycles. The maximum Gasteiger partial charge on any atom is 0.231 e. The molecule has 1 saturated heterocycles. The third-order valence-corrected chi connectivity index (χ3v) is 4.50. The van der Waals surface area contributed by atoms with Crippen LogP contribution in [0.5, 0.6) is 0 Å². The zero-order valence-corrected chi connectivity index (χ0v) is 14.9. The predicted octanol–water partition coefficient (Wildman–Crippen LogP) is 2.92. The number of benzene rings is 1. The zero-order chi connectivity index (χ0) is 17.6. The molecule has 1 aliphatic heterocycles. The number of aliphatic hydroxyl groups excluding tert-OH is 1. The smallest absolute Gasteiger partial charge is 0.231 e. The molecule has 0 saturated carbocycles. The maximum atomic E-state index is 8.75. The number of hydrogen-bond donors (Lipinski definition) is 1. The minimum atomic E-state index is -0.106. The van der Waals surface area contributed by atoms with E-state index in [1.165, 1.54) is 5.56 Å². The summed E-state index contributed by atoms with van der Waals surface area (Å²) in [7, 11) is 0. The van der Waals surface area contributed by atoms with Crippen molar-refractivity contribution in [2.24, 2.45) is 0 Å². The Labute approximate surface area is 149 Å². The molecule has 1 atom stereocenters. The zero-order valence-electron chi connectivity index (χ0n) is 14.9. The van der Waals surface area contributed by atoms with Gasteiger partial charge < -0.3 is 9.63 Å². The highest BCUT2D eigenvalue weighted by molar-refractivity contribution is 5.36. The Hall–Kier alpha value is -2.16. The van der Waals surface area contributed by atoms with Crippen LogP contribution in [0.25, 0.3) is 0 Å². The number of nitrogens with zero attached hydrogens (tertiary/aromatic N) is 3. The van der Waals surface area contributed by atoms with Crippen molar-refractivity contribution in [3.05, 3.63) is 47.1 Å².